The van der Waals surface area contributed by atoms with Crippen molar-refractivity contribution in [2.24, 2.45) is 0 Å². The smallest absolute Gasteiger partial charge is 0.338 e. The average Bonchev–Trinajstić information content (AvgIpc) is 2.71. The van der Waals surface area contributed by atoms with Crippen LogP contribution in [0.25, 0.3) is 0 Å². The van der Waals surface area contributed by atoms with E-state index in [2.05, 4.69) is 5.32 Å². The third-order valence-corrected chi connectivity index (χ3v) is 3.68. The van der Waals surface area contributed by atoms with Crippen LogP contribution in [0.5, 0.6) is 17.2 Å². The summed E-state index contributed by atoms with van der Waals surface area (Å²) in [5.74, 6) is 0.696. The Bertz CT molecular complexity index is 773. The Morgan fingerprint density at radius 3 is 2.33 bits per heavy atom. The third-order valence-electron chi connectivity index (χ3n) is 3.68. The lowest BCUT2D eigenvalue weighted by Gasteiger charge is -2.11. The topological polar surface area (TPSA) is 83.1 Å². The van der Waals surface area contributed by atoms with E-state index in [0.29, 0.717) is 24.7 Å². The van der Waals surface area contributed by atoms with Gasteiger partial charge in [0.2, 0.25) is 0 Å². The fourth-order valence-corrected chi connectivity index (χ4v) is 2.28. The van der Waals surface area contributed by atoms with Crippen molar-refractivity contribution in [2.45, 2.75) is 13.5 Å². The molecule has 0 unspecified atom stereocenters. The molecule has 0 saturated heterocycles. The Hall–Kier alpha value is -3.22. The summed E-state index contributed by atoms with van der Waals surface area (Å²) in [6.45, 7) is 2.29. The van der Waals surface area contributed by atoms with Crippen LogP contribution in [-0.2, 0) is 16.1 Å². The van der Waals surface area contributed by atoms with E-state index < -0.39 is 11.9 Å². The number of methoxy groups -OCH3 is 2. The zero-order chi connectivity index (χ0) is 19.6. The molecule has 0 radical (unpaired) electrons. The Morgan fingerprint density at radius 1 is 0.963 bits per heavy atom. The van der Waals surface area contributed by atoms with Crippen molar-refractivity contribution in [1.29, 1.82) is 0 Å². The van der Waals surface area contributed by atoms with Crippen LogP contribution in [0.4, 0.5) is 0 Å². The van der Waals surface area contributed by atoms with E-state index in [0.717, 1.165) is 11.3 Å². The molecule has 0 aliphatic carbocycles. The number of ether oxygens (including phenoxy) is 4. The second-order valence-corrected chi connectivity index (χ2v) is 5.50. The van der Waals surface area contributed by atoms with Crippen LogP contribution in [0, 0.1) is 0 Å². The molecule has 7 nitrogen and oxygen atoms in total. The molecule has 0 heterocycles. The first-order valence-corrected chi connectivity index (χ1v) is 8.45. The molecule has 0 aromatic heterocycles. The molecule has 0 aliphatic heterocycles. The lowest BCUT2D eigenvalue weighted by atomic mass is 10.2. The van der Waals surface area contributed by atoms with Gasteiger partial charge in [-0.15, -0.1) is 0 Å². The third kappa shape index (κ3) is 5.91. The molecule has 0 spiro atoms. The van der Waals surface area contributed by atoms with Crippen molar-refractivity contribution in [2.75, 3.05) is 27.4 Å². The van der Waals surface area contributed by atoms with Gasteiger partial charge in [0.15, 0.2) is 18.1 Å². The van der Waals surface area contributed by atoms with E-state index in [4.69, 9.17) is 18.9 Å². The maximum absolute atomic E-state index is 12.1. The minimum absolute atomic E-state index is 0.276. The first kappa shape index (κ1) is 20.1. The number of benzene rings is 2. The van der Waals surface area contributed by atoms with E-state index in [1.54, 1.807) is 31.4 Å². The van der Waals surface area contributed by atoms with E-state index in [9.17, 15) is 9.59 Å². The Balaban J connectivity index is 1.84. The van der Waals surface area contributed by atoms with E-state index in [1.165, 1.54) is 13.2 Å². The maximum atomic E-state index is 12.1. The molecule has 0 saturated carbocycles. The van der Waals surface area contributed by atoms with Gasteiger partial charge in [-0.3, -0.25) is 4.79 Å². The lowest BCUT2D eigenvalue weighted by molar-refractivity contribution is -0.124. The predicted octanol–water partition coefficient (Wildman–Crippen LogP) is 2.58. The monoisotopic (exact) mass is 373 g/mol. The van der Waals surface area contributed by atoms with Gasteiger partial charge in [-0.1, -0.05) is 12.1 Å². The number of rotatable bonds is 9. The Kier molecular flexibility index (Phi) is 7.49. The summed E-state index contributed by atoms with van der Waals surface area (Å²) in [6, 6.07) is 12.0. The second kappa shape index (κ2) is 10.1. The molecular weight excluding hydrogens is 350 g/mol. The van der Waals surface area contributed by atoms with Crippen molar-refractivity contribution in [3.05, 3.63) is 53.6 Å². The quantitative estimate of drug-likeness (QED) is 0.680. The number of hydrogen-bond acceptors (Lipinski definition) is 6. The van der Waals surface area contributed by atoms with Crippen molar-refractivity contribution in [3.8, 4) is 17.2 Å². The number of amides is 1. The summed E-state index contributed by atoms with van der Waals surface area (Å²) in [5.41, 5.74) is 1.19. The first-order chi connectivity index (χ1) is 13.1. The molecule has 0 aliphatic rings. The Morgan fingerprint density at radius 2 is 1.70 bits per heavy atom. The van der Waals surface area contributed by atoms with Crippen LogP contribution in [0.3, 0.4) is 0 Å². The summed E-state index contributed by atoms with van der Waals surface area (Å²) in [6.07, 6.45) is 0. The highest BCUT2D eigenvalue weighted by molar-refractivity contribution is 5.92. The molecular formula is C20H23NO6. The normalized spacial score (nSPS) is 10.0. The van der Waals surface area contributed by atoms with Crippen molar-refractivity contribution >= 4 is 11.9 Å². The summed E-state index contributed by atoms with van der Waals surface area (Å²) < 4.78 is 20.7. The van der Waals surface area contributed by atoms with E-state index >= 15 is 0 Å². The number of esters is 1. The largest absolute Gasteiger partial charge is 0.497 e. The number of nitrogens with one attached hydrogen (secondary N) is 1. The highest BCUT2D eigenvalue weighted by atomic mass is 16.5. The molecule has 0 fully saturated rings. The van der Waals surface area contributed by atoms with Gasteiger partial charge in [-0.25, -0.2) is 4.79 Å². The summed E-state index contributed by atoms with van der Waals surface area (Å²) >= 11 is 0. The molecule has 1 amide bonds. The van der Waals surface area contributed by atoms with Crippen LogP contribution in [0.2, 0.25) is 0 Å². The highest BCUT2D eigenvalue weighted by Crippen LogP contribution is 2.28. The van der Waals surface area contributed by atoms with Gasteiger partial charge >= 0.3 is 5.97 Å². The number of hydrogen-bond donors (Lipinski definition) is 1. The van der Waals surface area contributed by atoms with Gasteiger partial charge in [0.05, 0.1) is 26.4 Å². The summed E-state index contributed by atoms with van der Waals surface area (Å²) in [5, 5.41) is 2.69. The molecule has 27 heavy (non-hydrogen) atoms. The zero-order valence-electron chi connectivity index (χ0n) is 15.6. The molecule has 0 atom stereocenters. The van der Waals surface area contributed by atoms with Gasteiger partial charge in [0.1, 0.15) is 5.75 Å². The van der Waals surface area contributed by atoms with Crippen LogP contribution >= 0.6 is 0 Å². The minimum Gasteiger partial charge on any atom is -0.497 e. The summed E-state index contributed by atoms with van der Waals surface area (Å²) in [7, 11) is 3.07. The van der Waals surface area contributed by atoms with Crippen molar-refractivity contribution in [1.82, 2.24) is 5.32 Å². The molecule has 2 aromatic carbocycles. The molecule has 2 rings (SSSR count). The van der Waals surface area contributed by atoms with Gasteiger partial charge < -0.3 is 24.3 Å². The fraction of sp³-hybridized carbons (Fsp3) is 0.300. The average molecular weight is 373 g/mol. The van der Waals surface area contributed by atoms with Gasteiger partial charge in [0.25, 0.3) is 5.91 Å². The molecule has 144 valence electrons. The van der Waals surface area contributed by atoms with Gasteiger partial charge in [-0.05, 0) is 42.8 Å². The number of carbonyl (C=O) groups is 2. The summed E-state index contributed by atoms with van der Waals surface area (Å²) in [4.78, 5) is 24.0. The van der Waals surface area contributed by atoms with Crippen molar-refractivity contribution < 1.29 is 28.5 Å². The molecule has 2 aromatic rings. The standard InChI is InChI=1S/C20H23NO6/c1-4-26-17-10-7-15(11-18(17)25-3)20(23)27-13-19(22)21-12-14-5-8-16(24-2)9-6-14/h5-11H,4,12-13H2,1-3H3,(H,21,22). The van der Waals surface area contributed by atoms with Gasteiger partial charge in [0, 0.05) is 6.54 Å². The van der Waals surface area contributed by atoms with Crippen LogP contribution in [0.15, 0.2) is 42.5 Å². The Labute approximate surface area is 158 Å². The zero-order valence-corrected chi connectivity index (χ0v) is 15.6. The molecule has 0 bridgehead atoms. The van der Waals surface area contributed by atoms with Crippen LogP contribution in [-0.4, -0.2) is 39.3 Å². The van der Waals surface area contributed by atoms with Crippen LogP contribution in [0.1, 0.15) is 22.8 Å². The fourth-order valence-electron chi connectivity index (χ4n) is 2.28. The maximum Gasteiger partial charge on any atom is 0.338 e. The van der Waals surface area contributed by atoms with Crippen molar-refractivity contribution in [3.63, 3.8) is 0 Å². The first-order valence-electron chi connectivity index (χ1n) is 8.45. The van der Waals surface area contributed by atoms with Crippen LogP contribution < -0.4 is 19.5 Å². The van der Waals surface area contributed by atoms with E-state index in [1.807, 2.05) is 19.1 Å². The van der Waals surface area contributed by atoms with E-state index in [-0.39, 0.29) is 12.2 Å². The predicted molar refractivity (Wildman–Crippen MR) is 99.3 cm³/mol. The second-order valence-electron chi connectivity index (χ2n) is 5.50. The molecule has 7 heteroatoms. The molecule has 1 N–H and O–H groups in total. The highest BCUT2D eigenvalue weighted by Gasteiger charge is 2.14. The lowest BCUT2D eigenvalue weighted by Crippen LogP contribution is -2.28. The number of carbonyl (C=O) groups excluding carboxylic acids is 2. The minimum atomic E-state index is -0.615. The SMILES string of the molecule is CCOc1ccc(C(=O)OCC(=O)NCc2ccc(OC)cc2)cc1OC. The van der Waals surface area contributed by atoms with Gasteiger partial charge in [-0.2, -0.15) is 0 Å².